The van der Waals surface area contributed by atoms with E-state index in [1.165, 1.54) is 0 Å². The number of hydrazine groups is 1. The first kappa shape index (κ1) is 20.2. The normalized spacial score (nSPS) is 10.4. The van der Waals surface area contributed by atoms with E-state index in [0.29, 0.717) is 21.4 Å². The molecule has 0 aliphatic carbocycles. The lowest BCUT2D eigenvalue weighted by Crippen LogP contribution is -2.43. The van der Waals surface area contributed by atoms with Crippen LogP contribution in [0.4, 0.5) is 5.69 Å². The average Bonchev–Trinajstić information content (AvgIpc) is 3.16. The Bertz CT molecular complexity index is 1020. The monoisotopic (exact) mass is 433 g/mol. The van der Waals surface area contributed by atoms with Crippen molar-refractivity contribution >= 4 is 52.1 Å². The SMILES string of the molecule is CCc1ccccc1NC(=S)NNC(=O)c1ccc(-c2ccc(Cl)cc2Cl)o1. The Balaban J connectivity index is 1.61. The van der Waals surface area contributed by atoms with Crippen LogP contribution < -0.4 is 16.2 Å². The lowest BCUT2D eigenvalue weighted by atomic mass is 10.1. The second-order valence-electron chi connectivity index (χ2n) is 5.83. The van der Waals surface area contributed by atoms with Crippen LogP contribution in [0.15, 0.2) is 59.0 Å². The van der Waals surface area contributed by atoms with Crippen molar-refractivity contribution in [2.75, 3.05) is 5.32 Å². The molecule has 0 radical (unpaired) electrons. The van der Waals surface area contributed by atoms with Crippen molar-refractivity contribution in [2.45, 2.75) is 13.3 Å². The van der Waals surface area contributed by atoms with Gasteiger partial charge in [-0.3, -0.25) is 15.6 Å². The molecule has 0 fully saturated rings. The number of amides is 1. The van der Waals surface area contributed by atoms with E-state index in [0.717, 1.165) is 17.7 Å². The Morgan fingerprint density at radius 2 is 1.86 bits per heavy atom. The number of para-hydroxylation sites is 1. The molecule has 2 aromatic carbocycles. The number of hydrogen-bond acceptors (Lipinski definition) is 3. The molecular weight excluding hydrogens is 417 g/mol. The zero-order valence-electron chi connectivity index (χ0n) is 14.9. The standard InChI is InChI=1S/C20H17Cl2N3O2S/c1-2-12-5-3-4-6-16(12)23-20(28)25-24-19(26)18-10-9-17(27-18)14-8-7-13(21)11-15(14)22/h3-11H,2H2,1H3,(H,24,26)(H2,23,25,28). The molecule has 1 amide bonds. The van der Waals surface area contributed by atoms with Gasteiger partial charge in [0.15, 0.2) is 10.9 Å². The van der Waals surface area contributed by atoms with E-state index < -0.39 is 5.91 Å². The second kappa shape index (κ2) is 9.10. The van der Waals surface area contributed by atoms with E-state index in [2.05, 4.69) is 23.1 Å². The van der Waals surface area contributed by atoms with Gasteiger partial charge in [0.1, 0.15) is 5.76 Å². The van der Waals surface area contributed by atoms with Gasteiger partial charge in [-0.2, -0.15) is 0 Å². The Morgan fingerprint density at radius 3 is 2.61 bits per heavy atom. The number of carbonyl (C=O) groups is 1. The third-order valence-electron chi connectivity index (χ3n) is 3.96. The lowest BCUT2D eigenvalue weighted by Gasteiger charge is -2.13. The lowest BCUT2D eigenvalue weighted by molar-refractivity contribution is 0.0917. The summed E-state index contributed by atoms with van der Waals surface area (Å²) < 4.78 is 5.60. The van der Waals surface area contributed by atoms with E-state index in [4.69, 9.17) is 39.8 Å². The van der Waals surface area contributed by atoms with Crippen molar-refractivity contribution in [2.24, 2.45) is 0 Å². The van der Waals surface area contributed by atoms with E-state index in [1.807, 2.05) is 24.3 Å². The summed E-state index contributed by atoms with van der Waals surface area (Å²) >= 11 is 17.3. The van der Waals surface area contributed by atoms with Crippen molar-refractivity contribution in [1.29, 1.82) is 0 Å². The summed E-state index contributed by atoms with van der Waals surface area (Å²) in [6.45, 7) is 2.06. The summed E-state index contributed by atoms with van der Waals surface area (Å²) in [4.78, 5) is 12.3. The molecule has 3 aromatic rings. The molecule has 0 atom stereocenters. The molecule has 28 heavy (non-hydrogen) atoms. The third kappa shape index (κ3) is 4.84. The number of halogens is 2. The maximum Gasteiger partial charge on any atom is 0.305 e. The smallest absolute Gasteiger partial charge is 0.305 e. The Labute approximate surface area is 178 Å². The minimum atomic E-state index is -0.468. The number of benzene rings is 2. The quantitative estimate of drug-likeness (QED) is 0.377. The zero-order valence-corrected chi connectivity index (χ0v) is 17.2. The molecular formula is C20H17Cl2N3O2S. The number of thiocarbonyl (C=S) groups is 1. The summed E-state index contributed by atoms with van der Waals surface area (Å²) in [5.74, 6) is 0.110. The summed E-state index contributed by atoms with van der Waals surface area (Å²) in [7, 11) is 0. The molecule has 1 aromatic heterocycles. The summed E-state index contributed by atoms with van der Waals surface area (Å²) in [5, 5.41) is 4.28. The fourth-order valence-corrected chi connectivity index (χ4v) is 3.24. The van der Waals surface area contributed by atoms with Crippen LogP contribution in [-0.2, 0) is 6.42 Å². The van der Waals surface area contributed by atoms with Crippen molar-refractivity contribution in [3.8, 4) is 11.3 Å². The number of carbonyl (C=O) groups excluding carboxylic acids is 1. The van der Waals surface area contributed by atoms with Gasteiger partial charge in [-0.25, -0.2) is 0 Å². The number of aryl methyl sites for hydroxylation is 1. The van der Waals surface area contributed by atoms with Crippen LogP contribution in [-0.4, -0.2) is 11.0 Å². The van der Waals surface area contributed by atoms with Gasteiger partial charge in [-0.05, 0) is 60.6 Å². The highest BCUT2D eigenvalue weighted by Gasteiger charge is 2.14. The van der Waals surface area contributed by atoms with Gasteiger partial charge in [0.25, 0.3) is 0 Å². The van der Waals surface area contributed by atoms with Crippen LogP contribution in [0, 0.1) is 0 Å². The maximum absolute atomic E-state index is 12.3. The third-order valence-corrected chi connectivity index (χ3v) is 4.71. The van der Waals surface area contributed by atoms with Gasteiger partial charge in [0.2, 0.25) is 0 Å². The Morgan fingerprint density at radius 1 is 1.07 bits per heavy atom. The zero-order chi connectivity index (χ0) is 20.1. The highest BCUT2D eigenvalue weighted by Crippen LogP contribution is 2.31. The Hall–Kier alpha value is -2.54. The maximum atomic E-state index is 12.3. The van der Waals surface area contributed by atoms with E-state index >= 15 is 0 Å². The van der Waals surface area contributed by atoms with Crippen LogP contribution in [0.1, 0.15) is 23.0 Å². The average molecular weight is 434 g/mol. The van der Waals surface area contributed by atoms with Gasteiger partial charge in [-0.1, -0.05) is 48.3 Å². The molecule has 0 aliphatic heterocycles. The minimum Gasteiger partial charge on any atom is -0.451 e. The van der Waals surface area contributed by atoms with Crippen LogP contribution >= 0.6 is 35.4 Å². The first-order valence-electron chi connectivity index (χ1n) is 8.48. The van der Waals surface area contributed by atoms with Gasteiger partial charge in [-0.15, -0.1) is 0 Å². The molecule has 3 rings (SSSR count). The molecule has 3 N–H and O–H groups in total. The largest absolute Gasteiger partial charge is 0.451 e. The van der Waals surface area contributed by atoms with Gasteiger partial charge >= 0.3 is 5.91 Å². The molecule has 144 valence electrons. The van der Waals surface area contributed by atoms with E-state index in [9.17, 15) is 4.79 Å². The van der Waals surface area contributed by atoms with Crippen molar-refractivity contribution in [3.63, 3.8) is 0 Å². The molecule has 0 saturated carbocycles. The summed E-state index contributed by atoms with van der Waals surface area (Å²) in [6.07, 6.45) is 0.862. The van der Waals surface area contributed by atoms with Crippen LogP contribution in [0.3, 0.4) is 0 Å². The molecule has 1 heterocycles. The molecule has 0 spiro atoms. The van der Waals surface area contributed by atoms with Crippen molar-refractivity contribution in [3.05, 3.63) is 76.0 Å². The van der Waals surface area contributed by atoms with Crippen molar-refractivity contribution in [1.82, 2.24) is 10.9 Å². The number of furan rings is 1. The second-order valence-corrected chi connectivity index (χ2v) is 7.08. The molecule has 0 saturated heterocycles. The predicted molar refractivity (Wildman–Crippen MR) is 117 cm³/mol. The van der Waals surface area contributed by atoms with Crippen LogP contribution in [0.5, 0.6) is 0 Å². The number of nitrogens with one attached hydrogen (secondary N) is 3. The van der Waals surface area contributed by atoms with Gasteiger partial charge in [0.05, 0.1) is 5.02 Å². The topological polar surface area (TPSA) is 66.3 Å². The minimum absolute atomic E-state index is 0.116. The highest BCUT2D eigenvalue weighted by molar-refractivity contribution is 7.80. The fourth-order valence-electron chi connectivity index (χ4n) is 2.57. The first-order valence-corrected chi connectivity index (χ1v) is 9.65. The van der Waals surface area contributed by atoms with Crippen LogP contribution in [0.25, 0.3) is 11.3 Å². The van der Waals surface area contributed by atoms with Crippen LogP contribution in [0.2, 0.25) is 10.0 Å². The number of anilines is 1. The summed E-state index contributed by atoms with van der Waals surface area (Å²) in [6, 6.07) is 16.1. The summed E-state index contributed by atoms with van der Waals surface area (Å²) in [5.41, 5.74) is 7.82. The van der Waals surface area contributed by atoms with Gasteiger partial charge in [0, 0.05) is 16.3 Å². The van der Waals surface area contributed by atoms with E-state index in [1.54, 1.807) is 30.3 Å². The van der Waals surface area contributed by atoms with Crippen molar-refractivity contribution < 1.29 is 9.21 Å². The molecule has 0 unspecified atom stereocenters. The van der Waals surface area contributed by atoms with Gasteiger partial charge < -0.3 is 9.73 Å². The first-order chi connectivity index (χ1) is 13.5. The molecule has 8 heteroatoms. The fraction of sp³-hybridized carbons (Fsp3) is 0.100. The highest BCUT2D eigenvalue weighted by atomic mass is 35.5. The predicted octanol–water partition coefficient (Wildman–Crippen LogP) is 5.45. The Kier molecular flexibility index (Phi) is 6.57. The van der Waals surface area contributed by atoms with E-state index in [-0.39, 0.29) is 10.9 Å². The number of rotatable bonds is 4. The molecule has 0 aliphatic rings. The number of hydrogen-bond donors (Lipinski definition) is 3. The molecule has 0 bridgehead atoms. The molecule has 5 nitrogen and oxygen atoms in total.